The molecule has 0 aromatic carbocycles. The average Bonchev–Trinajstić information content (AvgIpc) is 2.17. The molecule has 0 spiro atoms. The quantitative estimate of drug-likeness (QED) is 0.605. The highest BCUT2D eigenvalue weighted by atomic mass is 35.5. The fourth-order valence-corrected chi connectivity index (χ4v) is 1.08. The molecule has 56 valence electrons. The van der Waals surface area contributed by atoms with Crippen molar-refractivity contribution in [3.63, 3.8) is 0 Å². The van der Waals surface area contributed by atoms with Crippen LogP contribution in [0.4, 0.5) is 0 Å². The van der Waals surface area contributed by atoms with Crippen LogP contribution in [0.25, 0.3) is 0 Å². The van der Waals surface area contributed by atoms with Crippen molar-refractivity contribution in [1.29, 1.82) is 0 Å². The van der Waals surface area contributed by atoms with E-state index in [0.29, 0.717) is 11.5 Å². The Morgan fingerprint density at radius 3 is 1.89 bits per heavy atom. The lowest BCUT2D eigenvalue weighted by atomic mass is 9.94. The van der Waals surface area contributed by atoms with E-state index in [4.69, 9.17) is 5.73 Å². The second-order valence-electron chi connectivity index (χ2n) is 3.47. The van der Waals surface area contributed by atoms with Crippen LogP contribution in [0.1, 0.15) is 27.2 Å². The van der Waals surface area contributed by atoms with E-state index in [1.807, 2.05) is 0 Å². The number of nitrogens with two attached hydrogens (primary N) is 1. The molecular weight excluding hydrogens is 134 g/mol. The lowest BCUT2D eigenvalue weighted by Gasteiger charge is -2.12. The third-order valence-electron chi connectivity index (χ3n) is 2.67. The van der Waals surface area contributed by atoms with Crippen LogP contribution in [0.15, 0.2) is 0 Å². The summed E-state index contributed by atoms with van der Waals surface area (Å²) in [5.74, 6) is 0.762. The summed E-state index contributed by atoms with van der Waals surface area (Å²) >= 11 is 0. The second kappa shape index (κ2) is 2.47. The molecule has 1 aliphatic carbocycles. The van der Waals surface area contributed by atoms with E-state index < -0.39 is 0 Å². The average molecular weight is 150 g/mol. The van der Waals surface area contributed by atoms with E-state index in [0.717, 1.165) is 5.92 Å². The molecule has 2 atom stereocenters. The molecule has 2 heteroatoms. The molecule has 0 aliphatic heterocycles. The number of rotatable bonds is 1. The van der Waals surface area contributed by atoms with Gasteiger partial charge in [-0.2, -0.15) is 0 Å². The van der Waals surface area contributed by atoms with Gasteiger partial charge in [0, 0.05) is 6.04 Å². The topological polar surface area (TPSA) is 26.0 Å². The third kappa shape index (κ3) is 1.39. The molecule has 0 heterocycles. The molecule has 0 saturated heterocycles. The van der Waals surface area contributed by atoms with Crippen molar-refractivity contribution >= 4 is 12.4 Å². The highest BCUT2D eigenvalue weighted by Gasteiger charge is 2.49. The summed E-state index contributed by atoms with van der Waals surface area (Å²) in [5, 5.41) is 0. The Morgan fingerprint density at radius 1 is 1.56 bits per heavy atom. The van der Waals surface area contributed by atoms with Gasteiger partial charge in [0.1, 0.15) is 0 Å². The summed E-state index contributed by atoms with van der Waals surface area (Å²) in [6.45, 7) is 6.75. The van der Waals surface area contributed by atoms with Crippen LogP contribution in [-0.2, 0) is 0 Å². The molecular formula is C7H16ClN. The predicted octanol–water partition coefficient (Wildman–Crippen LogP) is 1.80. The second-order valence-corrected chi connectivity index (χ2v) is 3.47. The normalized spacial score (nSPS) is 40.3. The van der Waals surface area contributed by atoms with Crippen molar-refractivity contribution in [1.82, 2.24) is 0 Å². The molecule has 9 heavy (non-hydrogen) atoms. The maximum Gasteiger partial charge on any atom is 0.0102 e. The van der Waals surface area contributed by atoms with Gasteiger partial charge in [0.25, 0.3) is 0 Å². The van der Waals surface area contributed by atoms with Gasteiger partial charge in [0.2, 0.25) is 0 Å². The molecule has 2 N–H and O–H groups in total. The summed E-state index contributed by atoms with van der Waals surface area (Å²) < 4.78 is 0. The molecule has 1 saturated carbocycles. The number of hydrogen-bond donors (Lipinski definition) is 1. The first-order chi connectivity index (χ1) is 3.57. The molecule has 2 unspecified atom stereocenters. The molecule has 1 rings (SSSR count). The Hall–Kier alpha value is 0.250. The van der Waals surface area contributed by atoms with Crippen molar-refractivity contribution in [3.8, 4) is 0 Å². The Morgan fingerprint density at radius 2 is 1.89 bits per heavy atom. The standard InChI is InChI=1S/C7H15N.ClH/c1-5(2)7(3)4-6(7)8;/h5-6H,4,8H2,1-3H3;1H. The summed E-state index contributed by atoms with van der Waals surface area (Å²) in [6, 6.07) is 0.488. The minimum Gasteiger partial charge on any atom is -0.327 e. The first-order valence-electron chi connectivity index (χ1n) is 3.33. The Bertz CT molecular complexity index is 103. The van der Waals surface area contributed by atoms with Crippen LogP contribution in [0, 0.1) is 11.3 Å². The van der Waals surface area contributed by atoms with Crippen LogP contribution in [0.2, 0.25) is 0 Å². The van der Waals surface area contributed by atoms with Gasteiger partial charge in [0.05, 0.1) is 0 Å². The van der Waals surface area contributed by atoms with Crippen LogP contribution in [-0.4, -0.2) is 6.04 Å². The van der Waals surface area contributed by atoms with Gasteiger partial charge in [-0.15, -0.1) is 12.4 Å². The van der Waals surface area contributed by atoms with Gasteiger partial charge in [-0.1, -0.05) is 20.8 Å². The maximum atomic E-state index is 5.70. The summed E-state index contributed by atoms with van der Waals surface area (Å²) in [7, 11) is 0. The van der Waals surface area contributed by atoms with Gasteiger partial charge < -0.3 is 5.73 Å². The van der Waals surface area contributed by atoms with Gasteiger partial charge in [-0.05, 0) is 17.8 Å². The monoisotopic (exact) mass is 149 g/mol. The van der Waals surface area contributed by atoms with Crippen molar-refractivity contribution in [3.05, 3.63) is 0 Å². The van der Waals surface area contributed by atoms with E-state index >= 15 is 0 Å². The van der Waals surface area contributed by atoms with E-state index in [2.05, 4.69) is 20.8 Å². The third-order valence-corrected chi connectivity index (χ3v) is 2.67. The molecule has 0 amide bonds. The van der Waals surface area contributed by atoms with Crippen LogP contribution in [0.5, 0.6) is 0 Å². The fourth-order valence-electron chi connectivity index (χ4n) is 1.08. The summed E-state index contributed by atoms with van der Waals surface area (Å²) in [6.07, 6.45) is 1.23. The lowest BCUT2D eigenvalue weighted by molar-refractivity contribution is 0.382. The van der Waals surface area contributed by atoms with Crippen LogP contribution >= 0.6 is 12.4 Å². The molecule has 1 aliphatic rings. The van der Waals surface area contributed by atoms with Crippen LogP contribution < -0.4 is 5.73 Å². The predicted molar refractivity (Wildman–Crippen MR) is 42.8 cm³/mol. The maximum absolute atomic E-state index is 5.70. The van der Waals surface area contributed by atoms with Crippen molar-refractivity contribution in [2.24, 2.45) is 17.1 Å². The minimum atomic E-state index is 0. The minimum absolute atomic E-state index is 0. The smallest absolute Gasteiger partial charge is 0.0102 e. The largest absolute Gasteiger partial charge is 0.327 e. The zero-order valence-electron chi connectivity index (χ0n) is 6.35. The van der Waals surface area contributed by atoms with Crippen molar-refractivity contribution in [2.75, 3.05) is 0 Å². The zero-order valence-corrected chi connectivity index (χ0v) is 7.16. The van der Waals surface area contributed by atoms with Gasteiger partial charge in [-0.3, -0.25) is 0 Å². The summed E-state index contributed by atoms with van der Waals surface area (Å²) in [4.78, 5) is 0. The summed E-state index contributed by atoms with van der Waals surface area (Å²) in [5.41, 5.74) is 6.19. The highest BCUT2D eigenvalue weighted by molar-refractivity contribution is 5.85. The fraction of sp³-hybridized carbons (Fsp3) is 1.00. The number of halogens is 1. The Balaban J connectivity index is 0.000000640. The van der Waals surface area contributed by atoms with E-state index in [1.165, 1.54) is 6.42 Å². The SMILES string of the molecule is CC(C)C1(C)CC1N.Cl. The van der Waals surface area contributed by atoms with Gasteiger partial charge in [-0.25, -0.2) is 0 Å². The van der Waals surface area contributed by atoms with E-state index in [9.17, 15) is 0 Å². The first-order valence-corrected chi connectivity index (χ1v) is 3.33. The molecule has 0 aromatic rings. The van der Waals surface area contributed by atoms with Crippen molar-refractivity contribution in [2.45, 2.75) is 33.2 Å². The first kappa shape index (κ1) is 9.25. The molecule has 0 bridgehead atoms. The molecule has 0 radical (unpaired) electrons. The lowest BCUT2D eigenvalue weighted by Crippen LogP contribution is -2.15. The van der Waals surface area contributed by atoms with Gasteiger partial charge >= 0.3 is 0 Å². The van der Waals surface area contributed by atoms with Crippen LogP contribution in [0.3, 0.4) is 0 Å². The molecule has 1 nitrogen and oxygen atoms in total. The highest BCUT2D eigenvalue weighted by Crippen LogP contribution is 2.49. The number of hydrogen-bond acceptors (Lipinski definition) is 1. The van der Waals surface area contributed by atoms with E-state index in [1.54, 1.807) is 0 Å². The molecule has 1 fully saturated rings. The van der Waals surface area contributed by atoms with Crippen molar-refractivity contribution < 1.29 is 0 Å². The molecule has 0 aromatic heterocycles. The van der Waals surface area contributed by atoms with E-state index in [-0.39, 0.29) is 12.4 Å². The zero-order chi connectivity index (χ0) is 6.36. The van der Waals surface area contributed by atoms with Gasteiger partial charge in [0.15, 0.2) is 0 Å². The Labute approximate surface area is 63.4 Å². The Kier molecular flexibility index (Phi) is 2.54.